The van der Waals surface area contributed by atoms with E-state index in [1.165, 1.54) is 11.3 Å². The molecule has 0 fully saturated rings. The number of hydrogen-bond donors (Lipinski definition) is 1. The Balaban J connectivity index is 1.78. The maximum Gasteiger partial charge on any atom is 0.204 e. The Morgan fingerprint density at radius 1 is 1.16 bits per heavy atom. The molecule has 3 rings (SSSR count). The smallest absolute Gasteiger partial charge is 0.204 e. The van der Waals surface area contributed by atoms with Gasteiger partial charge in [0.25, 0.3) is 0 Å². The summed E-state index contributed by atoms with van der Waals surface area (Å²) in [5.74, 6) is -0.0538. The van der Waals surface area contributed by atoms with Crippen LogP contribution in [0.3, 0.4) is 0 Å². The summed E-state index contributed by atoms with van der Waals surface area (Å²) in [6, 6.07) is 13.0. The highest BCUT2D eigenvalue weighted by atomic mass is 35.5. The third kappa shape index (κ3) is 4.00. The van der Waals surface area contributed by atoms with Gasteiger partial charge in [-0.15, -0.1) is 0 Å². The largest absolute Gasteiger partial charge is 0.378 e. The van der Waals surface area contributed by atoms with Gasteiger partial charge in [-0.05, 0) is 55.0 Å². The van der Waals surface area contributed by atoms with Gasteiger partial charge in [0, 0.05) is 36.1 Å². The van der Waals surface area contributed by atoms with Gasteiger partial charge in [-0.2, -0.15) is 0 Å². The van der Waals surface area contributed by atoms with E-state index in [0.717, 1.165) is 16.9 Å². The lowest BCUT2D eigenvalue weighted by atomic mass is 10.1. The van der Waals surface area contributed by atoms with Crippen LogP contribution in [0, 0.1) is 6.92 Å². The Bertz CT molecular complexity index is 903. The number of halogens is 1. The Kier molecular flexibility index (Phi) is 5.06. The fourth-order valence-electron chi connectivity index (χ4n) is 2.36. The molecule has 0 spiro atoms. The zero-order valence-corrected chi connectivity index (χ0v) is 15.8. The van der Waals surface area contributed by atoms with Crippen molar-refractivity contribution in [3.63, 3.8) is 0 Å². The van der Waals surface area contributed by atoms with Crippen LogP contribution in [-0.4, -0.2) is 24.9 Å². The highest BCUT2D eigenvalue weighted by Crippen LogP contribution is 2.28. The second kappa shape index (κ2) is 7.25. The number of rotatable bonds is 5. The van der Waals surface area contributed by atoms with Crippen LogP contribution < -0.4 is 10.2 Å². The average Bonchev–Trinajstić information content (AvgIpc) is 3.05. The second-order valence-corrected chi connectivity index (χ2v) is 7.35. The van der Waals surface area contributed by atoms with Gasteiger partial charge in [-0.3, -0.25) is 4.79 Å². The van der Waals surface area contributed by atoms with Gasteiger partial charge in [0.15, 0.2) is 5.13 Å². The topological polar surface area (TPSA) is 45.2 Å². The Hall–Kier alpha value is -2.37. The van der Waals surface area contributed by atoms with Gasteiger partial charge >= 0.3 is 0 Å². The first kappa shape index (κ1) is 17.5. The fourth-order valence-corrected chi connectivity index (χ4v) is 3.28. The number of carbonyl (C=O) groups excluding carboxylic acids is 1. The average molecular weight is 372 g/mol. The lowest BCUT2D eigenvalue weighted by Crippen LogP contribution is -2.08. The summed E-state index contributed by atoms with van der Waals surface area (Å²) in [4.78, 5) is 19.5. The molecule has 0 radical (unpaired) electrons. The third-order valence-electron chi connectivity index (χ3n) is 3.80. The van der Waals surface area contributed by atoms with Crippen LogP contribution in [0.25, 0.3) is 0 Å². The van der Waals surface area contributed by atoms with Crippen molar-refractivity contribution in [1.82, 2.24) is 4.98 Å². The molecule has 0 bridgehead atoms. The lowest BCUT2D eigenvalue weighted by molar-refractivity contribution is 0.104. The fraction of sp³-hybridized carbons (Fsp3) is 0.158. The molecule has 0 aliphatic rings. The monoisotopic (exact) mass is 371 g/mol. The van der Waals surface area contributed by atoms with E-state index in [1.807, 2.05) is 33.2 Å². The molecule has 6 heteroatoms. The molecule has 0 saturated carbocycles. The van der Waals surface area contributed by atoms with E-state index in [4.69, 9.17) is 11.6 Å². The Morgan fingerprint density at radius 2 is 1.88 bits per heavy atom. The SMILES string of the molecule is Cc1cc(N(C)C)ccc1Nc1ncc(C(=O)c2ccc(Cl)cc2)s1. The lowest BCUT2D eigenvalue weighted by Gasteiger charge is -2.15. The summed E-state index contributed by atoms with van der Waals surface area (Å²) >= 11 is 7.21. The molecule has 1 heterocycles. The van der Waals surface area contributed by atoms with E-state index < -0.39 is 0 Å². The van der Waals surface area contributed by atoms with Crippen LogP contribution in [0.1, 0.15) is 20.8 Å². The molecular formula is C19H18ClN3OS. The molecule has 1 N–H and O–H groups in total. The Morgan fingerprint density at radius 3 is 2.52 bits per heavy atom. The van der Waals surface area contributed by atoms with Crippen LogP contribution in [0.5, 0.6) is 0 Å². The zero-order valence-electron chi connectivity index (χ0n) is 14.2. The van der Waals surface area contributed by atoms with Gasteiger partial charge in [-0.1, -0.05) is 22.9 Å². The van der Waals surface area contributed by atoms with Crippen LogP contribution in [0.2, 0.25) is 5.02 Å². The van der Waals surface area contributed by atoms with E-state index in [0.29, 0.717) is 20.6 Å². The molecule has 0 atom stereocenters. The molecule has 0 aliphatic carbocycles. The number of thiazole rings is 1. The first-order valence-electron chi connectivity index (χ1n) is 7.75. The maximum absolute atomic E-state index is 12.5. The first-order chi connectivity index (χ1) is 11.9. The van der Waals surface area contributed by atoms with Crippen molar-refractivity contribution < 1.29 is 4.79 Å². The third-order valence-corrected chi connectivity index (χ3v) is 4.97. The molecular weight excluding hydrogens is 354 g/mol. The number of anilines is 3. The van der Waals surface area contributed by atoms with Crippen molar-refractivity contribution in [1.29, 1.82) is 0 Å². The number of aryl methyl sites for hydroxylation is 1. The summed E-state index contributed by atoms with van der Waals surface area (Å²) in [5.41, 5.74) is 3.84. The first-order valence-corrected chi connectivity index (χ1v) is 8.94. The molecule has 0 amide bonds. The van der Waals surface area contributed by atoms with Crippen molar-refractivity contribution in [2.45, 2.75) is 6.92 Å². The summed E-state index contributed by atoms with van der Waals surface area (Å²) in [6.45, 7) is 2.04. The van der Waals surface area contributed by atoms with Crippen LogP contribution in [0.15, 0.2) is 48.7 Å². The minimum Gasteiger partial charge on any atom is -0.378 e. The number of benzene rings is 2. The summed E-state index contributed by atoms with van der Waals surface area (Å²) in [6.07, 6.45) is 1.60. The molecule has 4 nitrogen and oxygen atoms in total. The number of aromatic nitrogens is 1. The normalized spacial score (nSPS) is 10.6. The van der Waals surface area contributed by atoms with Crippen molar-refractivity contribution in [2.24, 2.45) is 0 Å². The van der Waals surface area contributed by atoms with E-state index >= 15 is 0 Å². The van der Waals surface area contributed by atoms with Crippen LogP contribution >= 0.6 is 22.9 Å². The van der Waals surface area contributed by atoms with Gasteiger partial charge in [0.1, 0.15) is 0 Å². The molecule has 3 aromatic rings. The zero-order chi connectivity index (χ0) is 18.0. The minimum atomic E-state index is -0.0538. The van der Waals surface area contributed by atoms with Gasteiger partial charge in [0.2, 0.25) is 5.78 Å². The van der Waals surface area contributed by atoms with Crippen molar-refractivity contribution in [3.8, 4) is 0 Å². The molecule has 0 aliphatic heterocycles. The molecule has 0 saturated heterocycles. The molecule has 2 aromatic carbocycles. The van der Waals surface area contributed by atoms with Crippen molar-refractivity contribution in [3.05, 3.63) is 69.7 Å². The van der Waals surface area contributed by atoms with E-state index in [9.17, 15) is 4.79 Å². The predicted molar refractivity (Wildman–Crippen MR) is 106 cm³/mol. The number of ketones is 1. The Labute approximate surface area is 156 Å². The number of nitrogens with zero attached hydrogens (tertiary/aromatic N) is 2. The molecule has 0 unspecified atom stereocenters. The van der Waals surface area contributed by atoms with E-state index in [1.54, 1.807) is 30.5 Å². The highest BCUT2D eigenvalue weighted by Gasteiger charge is 2.13. The molecule has 128 valence electrons. The van der Waals surface area contributed by atoms with Gasteiger partial charge in [0.05, 0.1) is 11.1 Å². The predicted octanol–water partition coefficient (Wildman–Crippen LogP) is 5.15. The quantitative estimate of drug-likeness (QED) is 0.630. The van der Waals surface area contributed by atoms with Crippen LogP contribution in [0.4, 0.5) is 16.5 Å². The standard InChI is InChI=1S/C19H18ClN3OS/c1-12-10-15(23(2)3)8-9-16(12)22-19-21-11-17(25-19)18(24)13-4-6-14(20)7-5-13/h4-11H,1-3H3,(H,21,22). The van der Waals surface area contributed by atoms with E-state index in [2.05, 4.69) is 21.3 Å². The molecule has 1 aromatic heterocycles. The van der Waals surface area contributed by atoms with E-state index in [-0.39, 0.29) is 5.78 Å². The summed E-state index contributed by atoms with van der Waals surface area (Å²) in [5, 5.41) is 4.59. The number of carbonyl (C=O) groups is 1. The molecule has 25 heavy (non-hydrogen) atoms. The number of nitrogens with one attached hydrogen (secondary N) is 1. The highest BCUT2D eigenvalue weighted by molar-refractivity contribution is 7.17. The summed E-state index contributed by atoms with van der Waals surface area (Å²) < 4.78 is 0. The van der Waals surface area contributed by atoms with Gasteiger partial charge in [-0.25, -0.2) is 4.98 Å². The van der Waals surface area contributed by atoms with Crippen molar-refractivity contribution >= 4 is 45.2 Å². The number of hydrogen-bond acceptors (Lipinski definition) is 5. The maximum atomic E-state index is 12.5. The second-order valence-electron chi connectivity index (χ2n) is 5.88. The van der Waals surface area contributed by atoms with Crippen LogP contribution in [-0.2, 0) is 0 Å². The van der Waals surface area contributed by atoms with Gasteiger partial charge < -0.3 is 10.2 Å². The van der Waals surface area contributed by atoms with Crippen molar-refractivity contribution in [2.75, 3.05) is 24.3 Å². The summed E-state index contributed by atoms with van der Waals surface area (Å²) in [7, 11) is 4.02. The minimum absolute atomic E-state index is 0.0538.